The van der Waals surface area contributed by atoms with Crippen molar-refractivity contribution >= 4 is 14.2 Å². The van der Waals surface area contributed by atoms with E-state index in [4.69, 9.17) is 13.5 Å². The molecule has 0 aliphatic heterocycles. The van der Waals surface area contributed by atoms with Crippen molar-refractivity contribution in [2.75, 3.05) is 0 Å². The second-order valence-electron chi connectivity index (χ2n) is 10.3. The first kappa shape index (κ1) is 23.4. The van der Waals surface area contributed by atoms with Crippen LogP contribution in [0.2, 0.25) is 18.1 Å². The molecule has 9 heteroatoms. The number of amides is 1. The Labute approximate surface area is 195 Å². The highest BCUT2D eigenvalue weighted by atomic mass is 28.4. The highest BCUT2D eigenvalue weighted by molar-refractivity contribution is 6.74. The smallest absolute Gasteiger partial charge is 0.273 e. The largest absolute Gasteiger partial charge is 0.407 e. The fourth-order valence-corrected chi connectivity index (χ4v) is 4.91. The van der Waals surface area contributed by atoms with E-state index in [1.54, 1.807) is 6.07 Å². The number of nitrogens with zero attached hydrogens (tertiary/aromatic N) is 3. The van der Waals surface area contributed by atoms with E-state index >= 15 is 0 Å². The minimum atomic E-state index is -1.93. The Morgan fingerprint density at radius 3 is 2.52 bits per heavy atom. The Hall–Kier alpha value is -2.78. The minimum Gasteiger partial charge on any atom is -0.407 e. The Morgan fingerprint density at radius 2 is 1.85 bits per heavy atom. The monoisotopic (exact) mass is 468 g/mol. The third kappa shape index (κ3) is 5.09. The number of rotatable bonds is 7. The van der Waals surface area contributed by atoms with Crippen LogP contribution in [0.25, 0.3) is 11.3 Å². The normalized spacial score (nSPS) is 19.7. The van der Waals surface area contributed by atoms with Gasteiger partial charge in [0.25, 0.3) is 5.91 Å². The SMILES string of the molecule is CC(O[Si](C)(C)C(C)(C)C)c1noc(C2CC(NC(=O)c3cc(-c4ccccc4)on3)C2)n1. The van der Waals surface area contributed by atoms with E-state index in [-0.39, 0.29) is 34.7 Å². The van der Waals surface area contributed by atoms with Crippen LogP contribution in [0.1, 0.15) is 74.8 Å². The van der Waals surface area contributed by atoms with Crippen LogP contribution in [-0.2, 0) is 4.43 Å². The van der Waals surface area contributed by atoms with Crippen LogP contribution in [-0.4, -0.2) is 35.6 Å². The van der Waals surface area contributed by atoms with Gasteiger partial charge in [-0.1, -0.05) is 61.4 Å². The highest BCUT2D eigenvalue weighted by Crippen LogP contribution is 2.40. The summed E-state index contributed by atoms with van der Waals surface area (Å²) in [5.74, 6) is 1.65. The molecule has 1 aliphatic carbocycles. The maximum atomic E-state index is 12.5. The molecule has 1 aliphatic rings. The lowest BCUT2D eigenvalue weighted by Gasteiger charge is -2.37. The zero-order valence-electron chi connectivity index (χ0n) is 20.1. The molecule has 1 aromatic carbocycles. The molecule has 33 heavy (non-hydrogen) atoms. The first-order valence-electron chi connectivity index (χ1n) is 11.4. The molecular formula is C24H32N4O4Si. The van der Waals surface area contributed by atoms with E-state index in [0.29, 0.717) is 17.5 Å². The number of aromatic nitrogens is 3. The van der Waals surface area contributed by atoms with Crippen molar-refractivity contribution in [3.05, 3.63) is 53.8 Å². The molecule has 1 saturated carbocycles. The summed E-state index contributed by atoms with van der Waals surface area (Å²) in [7, 11) is -1.93. The third-order valence-corrected chi connectivity index (χ3v) is 11.3. The van der Waals surface area contributed by atoms with Crippen LogP contribution in [0.4, 0.5) is 0 Å². The summed E-state index contributed by atoms with van der Waals surface area (Å²) in [6.45, 7) is 13.0. The molecule has 1 atom stereocenters. The average Bonchev–Trinajstić information content (AvgIpc) is 3.40. The van der Waals surface area contributed by atoms with Crippen LogP contribution in [0, 0.1) is 0 Å². The maximum Gasteiger partial charge on any atom is 0.273 e. The maximum absolute atomic E-state index is 12.5. The molecule has 3 aromatic rings. The third-order valence-electron chi connectivity index (χ3n) is 6.72. The summed E-state index contributed by atoms with van der Waals surface area (Å²) in [4.78, 5) is 17.1. The summed E-state index contributed by atoms with van der Waals surface area (Å²) in [5, 5.41) is 11.2. The van der Waals surface area contributed by atoms with Crippen LogP contribution >= 0.6 is 0 Å². The van der Waals surface area contributed by atoms with Crippen molar-refractivity contribution < 1.29 is 18.3 Å². The molecular weight excluding hydrogens is 436 g/mol. The standard InChI is InChI=1S/C24H32N4O4Si/c1-15(32-33(5,6)24(2,3)4)21-26-23(31-28-21)17-12-18(13-17)25-22(29)19-14-20(30-27-19)16-10-8-7-9-11-16/h7-11,14-15,17-18H,12-13H2,1-6H3,(H,25,29). The van der Waals surface area contributed by atoms with E-state index in [0.717, 1.165) is 18.4 Å². The first-order chi connectivity index (χ1) is 15.5. The van der Waals surface area contributed by atoms with Crippen LogP contribution < -0.4 is 5.32 Å². The molecule has 0 radical (unpaired) electrons. The second-order valence-corrected chi connectivity index (χ2v) is 15.0. The number of carbonyl (C=O) groups is 1. The lowest BCUT2D eigenvalue weighted by molar-refractivity contribution is 0.0892. The van der Waals surface area contributed by atoms with Gasteiger partial charge in [0.05, 0.1) is 0 Å². The van der Waals surface area contributed by atoms with Gasteiger partial charge in [0.15, 0.2) is 25.6 Å². The van der Waals surface area contributed by atoms with E-state index < -0.39 is 8.32 Å². The molecule has 176 valence electrons. The van der Waals surface area contributed by atoms with E-state index in [9.17, 15) is 4.79 Å². The first-order valence-corrected chi connectivity index (χ1v) is 14.3. The Morgan fingerprint density at radius 1 is 1.15 bits per heavy atom. The topological polar surface area (TPSA) is 103 Å². The van der Waals surface area contributed by atoms with Gasteiger partial charge < -0.3 is 18.8 Å². The Kier molecular flexibility index (Phi) is 6.28. The number of carbonyl (C=O) groups excluding carboxylic acids is 1. The fourth-order valence-electron chi connectivity index (χ4n) is 3.57. The van der Waals surface area contributed by atoms with Gasteiger partial charge in [-0.2, -0.15) is 4.98 Å². The highest BCUT2D eigenvalue weighted by Gasteiger charge is 2.40. The molecule has 1 amide bonds. The van der Waals surface area contributed by atoms with Gasteiger partial charge in [-0.05, 0) is 37.9 Å². The zero-order valence-corrected chi connectivity index (χ0v) is 21.1. The van der Waals surface area contributed by atoms with Gasteiger partial charge in [-0.3, -0.25) is 4.79 Å². The Balaban J connectivity index is 1.29. The molecule has 1 unspecified atom stereocenters. The minimum absolute atomic E-state index is 0.0376. The fraction of sp³-hybridized carbons (Fsp3) is 0.500. The molecule has 2 heterocycles. The summed E-state index contributed by atoms with van der Waals surface area (Å²) >= 11 is 0. The molecule has 0 spiro atoms. The zero-order chi connectivity index (χ0) is 23.8. The lowest BCUT2D eigenvalue weighted by atomic mass is 9.80. The molecule has 0 saturated heterocycles. The van der Waals surface area contributed by atoms with Crippen molar-refractivity contribution in [2.24, 2.45) is 0 Å². The average molecular weight is 469 g/mol. The van der Waals surface area contributed by atoms with Crippen molar-refractivity contribution in [1.82, 2.24) is 20.6 Å². The number of benzene rings is 1. The van der Waals surface area contributed by atoms with Crippen molar-refractivity contribution in [3.63, 3.8) is 0 Å². The summed E-state index contributed by atoms with van der Waals surface area (Å²) in [5.41, 5.74) is 1.15. The van der Waals surface area contributed by atoms with E-state index in [1.165, 1.54) is 0 Å². The van der Waals surface area contributed by atoms with Crippen molar-refractivity contribution in [3.8, 4) is 11.3 Å². The molecule has 4 rings (SSSR count). The number of nitrogens with one attached hydrogen (secondary N) is 1. The van der Waals surface area contributed by atoms with Gasteiger partial charge in [-0.15, -0.1) is 0 Å². The van der Waals surface area contributed by atoms with Gasteiger partial charge in [-0.25, -0.2) is 0 Å². The predicted molar refractivity (Wildman–Crippen MR) is 126 cm³/mol. The molecule has 2 aromatic heterocycles. The number of hydrogen-bond donors (Lipinski definition) is 1. The molecule has 0 bridgehead atoms. The van der Waals surface area contributed by atoms with Crippen LogP contribution in [0.5, 0.6) is 0 Å². The van der Waals surface area contributed by atoms with Gasteiger partial charge >= 0.3 is 0 Å². The molecule has 1 N–H and O–H groups in total. The predicted octanol–water partition coefficient (Wildman–Crippen LogP) is 5.48. The van der Waals surface area contributed by atoms with Crippen LogP contribution in [0.3, 0.4) is 0 Å². The van der Waals surface area contributed by atoms with Gasteiger partial charge in [0, 0.05) is 23.6 Å². The Bertz CT molecular complexity index is 1100. The molecule has 8 nitrogen and oxygen atoms in total. The molecule has 1 fully saturated rings. The van der Waals surface area contributed by atoms with Crippen LogP contribution in [0.15, 0.2) is 45.4 Å². The quantitative estimate of drug-likeness (QED) is 0.458. The van der Waals surface area contributed by atoms with Gasteiger partial charge in [0.2, 0.25) is 5.89 Å². The van der Waals surface area contributed by atoms with Gasteiger partial charge in [0.1, 0.15) is 6.10 Å². The summed E-state index contributed by atoms with van der Waals surface area (Å²) in [6, 6.07) is 11.3. The summed E-state index contributed by atoms with van der Waals surface area (Å²) < 4.78 is 17.2. The second kappa shape index (κ2) is 8.87. The van der Waals surface area contributed by atoms with E-state index in [1.807, 2.05) is 37.3 Å². The lowest BCUT2D eigenvalue weighted by Crippen LogP contribution is -2.43. The van der Waals surface area contributed by atoms with Crippen molar-refractivity contribution in [1.29, 1.82) is 0 Å². The van der Waals surface area contributed by atoms with E-state index in [2.05, 4.69) is 54.5 Å². The van der Waals surface area contributed by atoms with Crippen molar-refractivity contribution in [2.45, 2.75) is 76.7 Å². The number of hydrogen-bond acceptors (Lipinski definition) is 7. The summed E-state index contributed by atoms with van der Waals surface area (Å²) in [6.07, 6.45) is 1.27.